The van der Waals surface area contributed by atoms with Gasteiger partial charge < -0.3 is 14.2 Å². The molecule has 0 aliphatic carbocycles. The number of methoxy groups -OCH3 is 1. The summed E-state index contributed by atoms with van der Waals surface area (Å²) < 4.78 is 15.4. The van der Waals surface area contributed by atoms with E-state index in [1.54, 1.807) is 24.3 Å². The molecule has 126 valence electrons. The number of aryl methyl sites for hydroxylation is 1. The van der Waals surface area contributed by atoms with Crippen molar-refractivity contribution in [3.8, 4) is 11.5 Å². The van der Waals surface area contributed by atoms with Gasteiger partial charge in [0.25, 0.3) is 0 Å². The first-order valence-corrected chi connectivity index (χ1v) is 7.67. The van der Waals surface area contributed by atoms with Crippen LogP contribution in [0.15, 0.2) is 48.5 Å². The SMILES string of the molecule is COC(=O)c1ccc(OC(=O)CCCOc2ccc(C)cc2)cc1. The van der Waals surface area contributed by atoms with Gasteiger partial charge in [-0.3, -0.25) is 4.79 Å². The van der Waals surface area contributed by atoms with Crippen LogP contribution in [0.4, 0.5) is 0 Å². The highest BCUT2D eigenvalue weighted by Crippen LogP contribution is 2.15. The minimum absolute atomic E-state index is 0.255. The van der Waals surface area contributed by atoms with Gasteiger partial charge in [0.1, 0.15) is 11.5 Å². The lowest BCUT2D eigenvalue weighted by Gasteiger charge is -2.07. The number of rotatable bonds is 7. The highest BCUT2D eigenvalue weighted by molar-refractivity contribution is 5.89. The molecule has 0 saturated heterocycles. The molecule has 2 aromatic rings. The molecule has 0 amide bonds. The molecule has 0 saturated carbocycles. The first kappa shape index (κ1) is 17.5. The maximum absolute atomic E-state index is 11.8. The second-order valence-corrected chi connectivity index (χ2v) is 5.26. The maximum atomic E-state index is 11.8. The van der Waals surface area contributed by atoms with E-state index in [0.717, 1.165) is 5.75 Å². The van der Waals surface area contributed by atoms with E-state index in [1.807, 2.05) is 31.2 Å². The molecule has 2 aromatic carbocycles. The van der Waals surface area contributed by atoms with Crippen LogP contribution >= 0.6 is 0 Å². The molecule has 5 heteroatoms. The van der Waals surface area contributed by atoms with Crippen LogP contribution in [-0.4, -0.2) is 25.7 Å². The number of carbonyl (C=O) groups excluding carboxylic acids is 2. The van der Waals surface area contributed by atoms with Crippen LogP contribution < -0.4 is 9.47 Å². The third kappa shape index (κ3) is 5.43. The zero-order valence-corrected chi connectivity index (χ0v) is 13.8. The summed E-state index contributed by atoms with van der Waals surface area (Å²) in [4.78, 5) is 23.1. The monoisotopic (exact) mass is 328 g/mol. The molecule has 0 heterocycles. The van der Waals surface area contributed by atoms with Crippen LogP contribution in [0, 0.1) is 6.92 Å². The quantitative estimate of drug-likeness (QED) is 0.442. The summed E-state index contributed by atoms with van der Waals surface area (Å²) in [6, 6.07) is 14.0. The van der Waals surface area contributed by atoms with Crippen molar-refractivity contribution >= 4 is 11.9 Å². The van der Waals surface area contributed by atoms with Crippen molar-refractivity contribution in [2.24, 2.45) is 0 Å². The smallest absolute Gasteiger partial charge is 0.337 e. The molecule has 5 nitrogen and oxygen atoms in total. The number of ether oxygens (including phenoxy) is 3. The molecule has 0 aromatic heterocycles. The Bertz CT molecular complexity index is 674. The van der Waals surface area contributed by atoms with E-state index in [0.29, 0.717) is 24.3 Å². The van der Waals surface area contributed by atoms with E-state index in [2.05, 4.69) is 4.74 Å². The fourth-order valence-corrected chi connectivity index (χ4v) is 2.00. The maximum Gasteiger partial charge on any atom is 0.337 e. The number of esters is 2. The predicted molar refractivity (Wildman–Crippen MR) is 89.3 cm³/mol. The lowest BCUT2D eigenvalue weighted by Crippen LogP contribution is -2.10. The Kier molecular flexibility index (Phi) is 6.37. The van der Waals surface area contributed by atoms with Gasteiger partial charge in [-0.2, -0.15) is 0 Å². The van der Waals surface area contributed by atoms with Gasteiger partial charge in [-0.25, -0.2) is 4.79 Å². The Labute approximate surface area is 141 Å². The van der Waals surface area contributed by atoms with Crippen molar-refractivity contribution in [2.45, 2.75) is 19.8 Å². The molecule has 0 N–H and O–H groups in total. The fraction of sp³-hybridized carbons (Fsp3) is 0.263. The highest BCUT2D eigenvalue weighted by Gasteiger charge is 2.08. The predicted octanol–water partition coefficient (Wildman–Crippen LogP) is 3.55. The van der Waals surface area contributed by atoms with E-state index >= 15 is 0 Å². The van der Waals surface area contributed by atoms with Gasteiger partial charge in [-0.05, 0) is 49.7 Å². The third-order valence-electron chi connectivity index (χ3n) is 3.32. The Morgan fingerprint density at radius 1 is 0.917 bits per heavy atom. The second kappa shape index (κ2) is 8.72. The third-order valence-corrected chi connectivity index (χ3v) is 3.32. The van der Waals surface area contributed by atoms with Gasteiger partial charge in [-0.15, -0.1) is 0 Å². The van der Waals surface area contributed by atoms with E-state index in [1.165, 1.54) is 12.7 Å². The normalized spacial score (nSPS) is 10.1. The van der Waals surface area contributed by atoms with Crippen LogP contribution in [0.5, 0.6) is 11.5 Å². The van der Waals surface area contributed by atoms with Crippen molar-refractivity contribution < 1.29 is 23.8 Å². The Balaban J connectivity index is 1.71. The molecule has 0 spiro atoms. The summed E-state index contributed by atoms with van der Waals surface area (Å²) in [6.07, 6.45) is 0.817. The van der Waals surface area contributed by atoms with Crippen LogP contribution in [0.2, 0.25) is 0 Å². The zero-order valence-electron chi connectivity index (χ0n) is 13.8. The molecule has 24 heavy (non-hydrogen) atoms. The number of hydrogen-bond acceptors (Lipinski definition) is 5. The summed E-state index contributed by atoms with van der Waals surface area (Å²) in [5.74, 6) is 0.411. The fourth-order valence-electron chi connectivity index (χ4n) is 2.00. The lowest BCUT2D eigenvalue weighted by molar-refractivity contribution is -0.134. The topological polar surface area (TPSA) is 61.8 Å². The van der Waals surface area contributed by atoms with Crippen LogP contribution in [0.25, 0.3) is 0 Å². The van der Waals surface area contributed by atoms with Crippen molar-refractivity contribution in [2.75, 3.05) is 13.7 Å². The number of benzene rings is 2. The van der Waals surface area contributed by atoms with Crippen molar-refractivity contribution in [1.82, 2.24) is 0 Å². The van der Waals surface area contributed by atoms with Crippen molar-refractivity contribution in [3.63, 3.8) is 0 Å². The first-order chi connectivity index (χ1) is 11.6. The zero-order chi connectivity index (χ0) is 17.4. The van der Waals surface area contributed by atoms with Gasteiger partial charge in [-0.1, -0.05) is 17.7 Å². The highest BCUT2D eigenvalue weighted by atomic mass is 16.5. The molecule has 0 aliphatic rings. The molecule has 0 fully saturated rings. The molecule has 0 unspecified atom stereocenters. The largest absolute Gasteiger partial charge is 0.494 e. The van der Waals surface area contributed by atoms with Gasteiger partial charge in [0, 0.05) is 6.42 Å². The van der Waals surface area contributed by atoms with E-state index in [4.69, 9.17) is 9.47 Å². The summed E-state index contributed by atoms with van der Waals surface area (Å²) >= 11 is 0. The Hall–Kier alpha value is -2.82. The molecule has 0 atom stereocenters. The molecular formula is C19H20O5. The van der Waals surface area contributed by atoms with Crippen molar-refractivity contribution in [3.05, 3.63) is 59.7 Å². The lowest BCUT2D eigenvalue weighted by atomic mass is 10.2. The van der Waals surface area contributed by atoms with Gasteiger partial charge in [0.2, 0.25) is 0 Å². The summed E-state index contributed by atoms with van der Waals surface area (Å²) in [6.45, 7) is 2.46. The molecule has 0 bridgehead atoms. The van der Waals surface area contributed by atoms with E-state index < -0.39 is 5.97 Å². The van der Waals surface area contributed by atoms with Crippen LogP contribution in [0.1, 0.15) is 28.8 Å². The van der Waals surface area contributed by atoms with Gasteiger partial charge >= 0.3 is 11.9 Å². The van der Waals surface area contributed by atoms with E-state index in [9.17, 15) is 9.59 Å². The standard InChI is InChI=1S/C19H20O5/c1-14-5-9-16(10-6-14)23-13-3-4-18(20)24-17-11-7-15(8-12-17)19(21)22-2/h5-12H,3-4,13H2,1-2H3. The number of hydrogen-bond donors (Lipinski definition) is 0. The number of carbonyl (C=O) groups is 2. The minimum Gasteiger partial charge on any atom is -0.494 e. The Morgan fingerprint density at radius 3 is 2.17 bits per heavy atom. The van der Waals surface area contributed by atoms with Crippen LogP contribution in [-0.2, 0) is 9.53 Å². The van der Waals surface area contributed by atoms with Gasteiger partial charge in [0.15, 0.2) is 0 Å². The molecule has 2 rings (SSSR count). The summed E-state index contributed by atoms with van der Waals surface area (Å²) in [5.41, 5.74) is 1.58. The minimum atomic E-state index is -0.430. The molecule has 0 aliphatic heterocycles. The molecular weight excluding hydrogens is 308 g/mol. The second-order valence-electron chi connectivity index (χ2n) is 5.26. The summed E-state index contributed by atoms with van der Waals surface area (Å²) in [7, 11) is 1.31. The average molecular weight is 328 g/mol. The summed E-state index contributed by atoms with van der Waals surface area (Å²) in [5, 5.41) is 0. The van der Waals surface area contributed by atoms with Gasteiger partial charge in [0.05, 0.1) is 19.3 Å². The average Bonchev–Trinajstić information content (AvgIpc) is 2.60. The van der Waals surface area contributed by atoms with E-state index in [-0.39, 0.29) is 12.4 Å². The molecule has 0 radical (unpaired) electrons. The Morgan fingerprint density at radius 2 is 1.54 bits per heavy atom. The van der Waals surface area contributed by atoms with Crippen LogP contribution in [0.3, 0.4) is 0 Å². The first-order valence-electron chi connectivity index (χ1n) is 7.67. The van der Waals surface area contributed by atoms with Crippen molar-refractivity contribution in [1.29, 1.82) is 0 Å².